The van der Waals surface area contributed by atoms with Crippen LogP contribution < -0.4 is 10.6 Å². The van der Waals surface area contributed by atoms with E-state index in [1.807, 2.05) is 13.8 Å². The summed E-state index contributed by atoms with van der Waals surface area (Å²) in [5, 5.41) is 13.6. The Labute approximate surface area is 83.9 Å². The number of hydrogen-bond donors (Lipinski definition) is 3. The zero-order valence-electron chi connectivity index (χ0n) is 8.83. The number of rotatable bonds is 5. The van der Waals surface area contributed by atoms with Crippen LogP contribution in [-0.2, 0) is 4.79 Å². The lowest BCUT2D eigenvalue weighted by molar-refractivity contribution is -0.137. The van der Waals surface area contributed by atoms with Crippen LogP contribution in [0, 0.1) is 5.92 Å². The SMILES string of the molecule is CC(C)CNC(=O)NC(C)CC(=O)O. The van der Waals surface area contributed by atoms with E-state index in [0.29, 0.717) is 12.5 Å². The Morgan fingerprint density at radius 3 is 2.29 bits per heavy atom. The number of aliphatic carboxylic acids is 1. The van der Waals surface area contributed by atoms with Gasteiger partial charge in [-0.3, -0.25) is 4.79 Å². The summed E-state index contributed by atoms with van der Waals surface area (Å²) < 4.78 is 0. The highest BCUT2D eigenvalue weighted by Gasteiger charge is 2.10. The predicted molar refractivity (Wildman–Crippen MR) is 53.1 cm³/mol. The lowest BCUT2D eigenvalue weighted by Crippen LogP contribution is -2.42. The Morgan fingerprint density at radius 2 is 1.86 bits per heavy atom. The van der Waals surface area contributed by atoms with E-state index in [2.05, 4.69) is 10.6 Å². The van der Waals surface area contributed by atoms with Gasteiger partial charge in [0.15, 0.2) is 0 Å². The Morgan fingerprint density at radius 1 is 1.29 bits per heavy atom. The Bertz CT molecular complexity index is 204. The number of carboxylic acids is 1. The molecule has 5 nitrogen and oxygen atoms in total. The largest absolute Gasteiger partial charge is 0.481 e. The highest BCUT2D eigenvalue weighted by atomic mass is 16.4. The van der Waals surface area contributed by atoms with Gasteiger partial charge in [0.2, 0.25) is 0 Å². The van der Waals surface area contributed by atoms with Gasteiger partial charge in [0, 0.05) is 12.6 Å². The fraction of sp³-hybridized carbons (Fsp3) is 0.778. The average molecular weight is 202 g/mol. The van der Waals surface area contributed by atoms with Gasteiger partial charge >= 0.3 is 12.0 Å². The van der Waals surface area contributed by atoms with Crippen LogP contribution in [0.1, 0.15) is 27.2 Å². The molecule has 0 rings (SSSR count). The smallest absolute Gasteiger partial charge is 0.315 e. The highest BCUT2D eigenvalue weighted by Crippen LogP contribution is 1.91. The van der Waals surface area contributed by atoms with E-state index < -0.39 is 5.97 Å². The van der Waals surface area contributed by atoms with Crippen molar-refractivity contribution >= 4 is 12.0 Å². The van der Waals surface area contributed by atoms with Gasteiger partial charge in [-0.2, -0.15) is 0 Å². The second-order valence-electron chi connectivity index (χ2n) is 3.75. The Kier molecular flexibility index (Phi) is 5.67. The van der Waals surface area contributed by atoms with Gasteiger partial charge < -0.3 is 15.7 Å². The van der Waals surface area contributed by atoms with E-state index in [4.69, 9.17) is 5.11 Å². The molecule has 5 heteroatoms. The molecule has 0 saturated carbocycles. The quantitative estimate of drug-likeness (QED) is 0.617. The standard InChI is InChI=1S/C9H18N2O3/c1-6(2)5-10-9(14)11-7(3)4-8(12)13/h6-7H,4-5H2,1-3H3,(H,12,13)(H2,10,11,14). The summed E-state index contributed by atoms with van der Waals surface area (Å²) >= 11 is 0. The van der Waals surface area contributed by atoms with Gasteiger partial charge in [-0.25, -0.2) is 4.79 Å². The topological polar surface area (TPSA) is 78.4 Å². The average Bonchev–Trinajstić information content (AvgIpc) is 1.98. The lowest BCUT2D eigenvalue weighted by Gasteiger charge is -2.13. The van der Waals surface area contributed by atoms with Gasteiger partial charge in [-0.1, -0.05) is 13.8 Å². The Hall–Kier alpha value is -1.26. The number of carbonyl (C=O) groups is 2. The number of amides is 2. The minimum Gasteiger partial charge on any atom is -0.481 e. The van der Waals surface area contributed by atoms with Crippen molar-refractivity contribution in [3.63, 3.8) is 0 Å². The van der Waals surface area contributed by atoms with Crippen molar-refractivity contribution in [2.24, 2.45) is 5.92 Å². The van der Waals surface area contributed by atoms with Crippen molar-refractivity contribution in [1.82, 2.24) is 10.6 Å². The monoisotopic (exact) mass is 202 g/mol. The molecule has 1 atom stereocenters. The predicted octanol–water partition coefficient (Wildman–Crippen LogP) is 0.805. The fourth-order valence-corrected chi connectivity index (χ4v) is 0.885. The molecular formula is C9H18N2O3. The third-order valence-corrected chi connectivity index (χ3v) is 1.53. The molecule has 0 radical (unpaired) electrons. The summed E-state index contributed by atoms with van der Waals surface area (Å²) in [5.74, 6) is -0.530. The molecule has 2 amide bonds. The minimum absolute atomic E-state index is 0.0604. The molecule has 0 fully saturated rings. The van der Waals surface area contributed by atoms with Crippen molar-refractivity contribution in [3.05, 3.63) is 0 Å². The number of carbonyl (C=O) groups excluding carboxylic acids is 1. The molecule has 0 aliphatic carbocycles. The second-order valence-corrected chi connectivity index (χ2v) is 3.75. The first-order valence-electron chi connectivity index (χ1n) is 4.68. The van der Waals surface area contributed by atoms with Crippen LogP contribution in [0.5, 0.6) is 0 Å². The summed E-state index contributed by atoms with van der Waals surface area (Å²) in [4.78, 5) is 21.4. The zero-order valence-corrected chi connectivity index (χ0v) is 8.83. The molecular weight excluding hydrogens is 184 g/mol. The van der Waals surface area contributed by atoms with E-state index in [-0.39, 0.29) is 18.5 Å². The maximum atomic E-state index is 11.1. The molecule has 1 unspecified atom stereocenters. The molecule has 0 heterocycles. The zero-order chi connectivity index (χ0) is 11.1. The van der Waals surface area contributed by atoms with Crippen molar-refractivity contribution in [1.29, 1.82) is 0 Å². The molecule has 0 spiro atoms. The van der Waals surface area contributed by atoms with Gasteiger partial charge in [-0.05, 0) is 12.8 Å². The second kappa shape index (κ2) is 6.23. The lowest BCUT2D eigenvalue weighted by atomic mass is 10.2. The van der Waals surface area contributed by atoms with E-state index >= 15 is 0 Å². The van der Waals surface area contributed by atoms with Crippen molar-refractivity contribution in [3.8, 4) is 0 Å². The molecule has 0 aliphatic heterocycles. The Balaban J connectivity index is 3.66. The van der Waals surface area contributed by atoms with Gasteiger partial charge in [0.05, 0.1) is 6.42 Å². The number of hydrogen-bond acceptors (Lipinski definition) is 2. The first kappa shape index (κ1) is 12.7. The fourth-order valence-electron chi connectivity index (χ4n) is 0.885. The van der Waals surface area contributed by atoms with Gasteiger partial charge in [0.1, 0.15) is 0 Å². The first-order valence-corrected chi connectivity index (χ1v) is 4.68. The molecule has 0 aliphatic rings. The molecule has 0 aromatic carbocycles. The number of nitrogens with one attached hydrogen (secondary N) is 2. The summed E-state index contributed by atoms with van der Waals surface area (Å²) in [6, 6.07) is -0.660. The summed E-state index contributed by atoms with van der Waals surface area (Å²) in [5.41, 5.74) is 0. The molecule has 0 bridgehead atoms. The maximum Gasteiger partial charge on any atom is 0.315 e. The maximum absolute atomic E-state index is 11.1. The molecule has 3 N–H and O–H groups in total. The van der Waals surface area contributed by atoms with Crippen LogP contribution in [-0.4, -0.2) is 29.7 Å². The van der Waals surface area contributed by atoms with Crippen molar-refractivity contribution in [2.75, 3.05) is 6.54 Å². The molecule has 0 aromatic heterocycles. The van der Waals surface area contributed by atoms with Crippen LogP contribution in [0.2, 0.25) is 0 Å². The molecule has 0 aromatic rings. The first-order chi connectivity index (χ1) is 6.41. The van der Waals surface area contributed by atoms with Crippen LogP contribution in [0.4, 0.5) is 4.79 Å². The minimum atomic E-state index is -0.915. The van der Waals surface area contributed by atoms with E-state index in [0.717, 1.165) is 0 Å². The third kappa shape index (κ3) is 7.39. The number of urea groups is 1. The van der Waals surface area contributed by atoms with Crippen molar-refractivity contribution in [2.45, 2.75) is 33.2 Å². The van der Waals surface area contributed by atoms with E-state index in [9.17, 15) is 9.59 Å². The van der Waals surface area contributed by atoms with Crippen molar-refractivity contribution < 1.29 is 14.7 Å². The summed E-state index contributed by atoms with van der Waals surface area (Å²) in [6.45, 7) is 6.22. The van der Waals surface area contributed by atoms with Crippen LogP contribution in [0.25, 0.3) is 0 Å². The number of carboxylic acid groups (broad SMARTS) is 1. The van der Waals surface area contributed by atoms with Crippen LogP contribution >= 0.6 is 0 Å². The summed E-state index contributed by atoms with van der Waals surface area (Å²) in [7, 11) is 0. The van der Waals surface area contributed by atoms with Crippen LogP contribution in [0.15, 0.2) is 0 Å². The van der Waals surface area contributed by atoms with Crippen LogP contribution in [0.3, 0.4) is 0 Å². The van der Waals surface area contributed by atoms with E-state index in [1.54, 1.807) is 6.92 Å². The van der Waals surface area contributed by atoms with Gasteiger partial charge in [0.25, 0.3) is 0 Å². The van der Waals surface area contributed by atoms with E-state index in [1.165, 1.54) is 0 Å². The normalized spacial score (nSPS) is 12.3. The molecule has 82 valence electrons. The highest BCUT2D eigenvalue weighted by molar-refractivity contribution is 5.75. The third-order valence-electron chi connectivity index (χ3n) is 1.53. The van der Waals surface area contributed by atoms with Gasteiger partial charge in [-0.15, -0.1) is 0 Å². The molecule has 14 heavy (non-hydrogen) atoms. The summed E-state index contributed by atoms with van der Waals surface area (Å²) in [6.07, 6.45) is -0.0604. The molecule has 0 saturated heterocycles.